The number of carboxylic acids is 1. The zero-order valence-electron chi connectivity index (χ0n) is 10.3. The summed E-state index contributed by atoms with van der Waals surface area (Å²) in [4.78, 5) is 11.1. The molecule has 2 rings (SSSR count). The van der Waals surface area contributed by atoms with Crippen molar-refractivity contribution in [3.63, 3.8) is 0 Å². The molecule has 0 amide bonds. The Morgan fingerprint density at radius 3 is 2.70 bits per heavy atom. The highest BCUT2D eigenvalue weighted by Crippen LogP contribution is 2.28. The number of hydrogen-bond acceptors (Lipinski definition) is 3. The average molecular weight is 312 g/mol. The number of hydrogen-bond donors (Lipinski definition) is 2. The van der Waals surface area contributed by atoms with E-state index in [4.69, 9.17) is 38.8 Å². The third-order valence-corrected chi connectivity index (χ3v) is 3.51. The van der Waals surface area contributed by atoms with Crippen molar-refractivity contribution in [3.05, 3.63) is 57.6 Å². The molecule has 0 heterocycles. The summed E-state index contributed by atoms with van der Waals surface area (Å²) in [6.45, 7) is 0.115. The molecule has 20 heavy (non-hydrogen) atoms. The second kappa shape index (κ2) is 6.03. The zero-order chi connectivity index (χ0) is 14.7. The number of benzene rings is 2. The van der Waals surface area contributed by atoms with Crippen molar-refractivity contribution in [2.24, 2.45) is 0 Å². The zero-order valence-corrected chi connectivity index (χ0v) is 11.8. The van der Waals surface area contributed by atoms with Gasteiger partial charge in [0.1, 0.15) is 17.9 Å². The van der Waals surface area contributed by atoms with E-state index in [1.165, 1.54) is 12.1 Å². The summed E-state index contributed by atoms with van der Waals surface area (Å²) in [6, 6.07) is 9.59. The van der Waals surface area contributed by atoms with Gasteiger partial charge in [-0.3, -0.25) is 0 Å². The fraction of sp³-hybridized carbons (Fsp3) is 0.0714. The predicted molar refractivity (Wildman–Crippen MR) is 78.6 cm³/mol. The van der Waals surface area contributed by atoms with Gasteiger partial charge in [0.05, 0.1) is 10.0 Å². The molecular formula is C14H11Cl2NO3. The number of ether oxygens (including phenoxy) is 1. The Bertz CT molecular complexity index is 659. The number of halogens is 2. The number of rotatable bonds is 4. The molecule has 0 aromatic heterocycles. The largest absolute Gasteiger partial charge is 0.488 e. The van der Waals surface area contributed by atoms with E-state index in [1.54, 1.807) is 24.3 Å². The van der Waals surface area contributed by atoms with Crippen molar-refractivity contribution >= 4 is 34.9 Å². The van der Waals surface area contributed by atoms with Crippen LogP contribution in [0.4, 0.5) is 5.69 Å². The first-order valence-electron chi connectivity index (χ1n) is 5.67. The summed E-state index contributed by atoms with van der Waals surface area (Å²) in [7, 11) is 0. The van der Waals surface area contributed by atoms with Crippen LogP contribution in [0.2, 0.25) is 10.0 Å². The summed E-state index contributed by atoms with van der Waals surface area (Å²) >= 11 is 11.9. The van der Waals surface area contributed by atoms with Crippen LogP contribution in [0.15, 0.2) is 36.4 Å². The van der Waals surface area contributed by atoms with Crippen molar-refractivity contribution in [1.82, 2.24) is 0 Å². The fourth-order valence-corrected chi connectivity index (χ4v) is 2.03. The van der Waals surface area contributed by atoms with Gasteiger partial charge in [0.2, 0.25) is 0 Å². The number of nitrogen functional groups attached to an aromatic ring is 1. The third kappa shape index (κ3) is 3.15. The van der Waals surface area contributed by atoms with Crippen molar-refractivity contribution < 1.29 is 14.6 Å². The topological polar surface area (TPSA) is 72.5 Å². The summed E-state index contributed by atoms with van der Waals surface area (Å²) in [5.74, 6) is -0.882. The van der Waals surface area contributed by atoms with Crippen molar-refractivity contribution in [3.8, 4) is 5.75 Å². The SMILES string of the molecule is Nc1ccc(OCc2cccc(Cl)c2Cl)c(C(=O)O)c1. The molecule has 4 nitrogen and oxygen atoms in total. The summed E-state index contributed by atoms with van der Waals surface area (Å²) in [5.41, 5.74) is 6.59. The molecule has 0 saturated heterocycles. The first-order chi connectivity index (χ1) is 9.49. The van der Waals surface area contributed by atoms with Gasteiger partial charge in [-0.05, 0) is 24.3 Å². The predicted octanol–water partition coefficient (Wildman–Crippen LogP) is 3.85. The molecule has 0 radical (unpaired) electrons. The molecule has 0 unspecified atom stereocenters. The Labute approximate surface area is 125 Å². The molecule has 3 N–H and O–H groups in total. The van der Waals surface area contributed by atoms with E-state index in [0.717, 1.165) is 0 Å². The molecule has 2 aromatic carbocycles. The van der Waals surface area contributed by atoms with Crippen LogP contribution in [-0.4, -0.2) is 11.1 Å². The van der Waals surface area contributed by atoms with E-state index >= 15 is 0 Å². The van der Waals surface area contributed by atoms with Crippen LogP contribution in [0.1, 0.15) is 15.9 Å². The van der Waals surface area contributed by atoms with E-state index in [-0.39, 0.29) is 17.9 Å². The molecule has 0 saturated carbocycles. The minimum absolute atomic E-state index is 0.00292. The van der Waals surface area contributed by atoms with Crippen LogP contribution >= 0.6 is 23.2 Å². The van der Waals surface area contributed by atoms with Crippen LogP contribution in [0, 0.1) is 0 Å². The highest BCUT2D eigenvalue weighted by atomic mass is 35.5. The van der Waals surface area contributed by atoms with Gasteiger partial charge in [-0.2, -0.15) is 0 Å². The maximum atomic E-state index is 11.1. The Morgan fingerprint density at radius 2 is 2.00 bits per heavy atom. The van der Waals surface area contributed by atoms with Gasteiger partial charge < -0.3 is 15.6 Å². The van der Waals surface area contributed by atoms with Gasteiger partial charge >= 0.3 is 5.97 Å². The van der Waals surface area contributed by atoms with E-state index in [9.17, 15) is 4.79 Å². The second-order valence-electron chi connectivity index (χ2n) is 4.06. The van der Waals surface area contributed by atoms with Gasteiger partial charge in [-0.15, -0.1) is 0 Å². The first kappa shape index (κ1) is 14.5. The molecule has 0 atom stereocenters. The molecule has 0 aliphatic carbocycles. The number of carboxylic acid groups (broad SMARTS) is 1. The maximum absolute atomic E-state index is 11.1. The van der Waals surface area contributed by atoms with Crippen LogP contribution in [0.5, 0.6) is 5.75 Å². The number of carbonyl (C=O) groups is 1. The molecule has 6 heteroatoms. The lowest BCUT2D eigenvalue weighted by Crippen LogP contribution is -2.04. The lowest BCUT2D eigenvalue weighted by Gasteiger charge is -2.11. The highest BCUT2D eigenvalue weighted by Gasteiger charge is 2.13. The maximum Gasteiger partial charge on any atom is 0.339 e. The van der Waals surface area contributed by atoms with E-state index in [0.29, 0.717) is 21.3 Å². The lowest BCUT2D eigenvalue weighted by molar-refractivity contribution is 0.0692. The van der Waals surface area contributed by atoms with E-state index < -0.39 is 5.97 Å². The van der Waals surface area contributed by atoms with Crippen LogP contribution < -0.4 is 10.5 Å². The van der Waals surface area contributed by atoms with Gasteiger partial charge in [-0.25, -0.2) is 4.79 Å². The Morgan fingerprint density at radius 1 is 1.25 bits per heavy atom. The molecule has 0 fully saturated rings. The minimum Gasteiger partial charge on any atom is -0.488 e. The van der Waals surface area contributed by atoms with Gasteiger partial charge in [-0.1, -0.05) is 35.3 Å². The van der Waals surface area contributed by atoms with Crippen molar-refractivity contribution in [2.75, 3.05) is 5.73 Å². The molecular weight excluding hydrogens is 301 g/mol. The van der Waals surface area contributed by atoms with Crippen LogP contribution in [0.3, 0.4) is 0 Å². The monoisotopic (exact) mass is 311 g/mol. The average Bonchev–Trinajstić information content (AvgIpc) is 2.41. The normalized spacial score (nSPS) is 10.3. The minimum atomic E-state index is -1.11. The molecule has 0 aliphatic heterocycles. The Hall–Kier alpha value is -1.91. The molecule has 0 spiro atoms. The second-order valence-corrected chi connectivity index (χ2v) is 4.85. The molecule has 2 aromatic rings. The van der Waals surface area contributed by atoms with Crippen molar-refractivity contribution in [2.45, 2.75) is 6.61 Å². The smallest absolute Gasteiger partial charge is 0.339 e. The number of aromatic carboxylic acids is 1. The number of anilines is 1. The summed E-state index contributed by atoms with van der Waals surface area (Å²) < 4.78 is 5.50. The summed E-state index contributed by atoms with van der Waals surface area (Å²) in [6.07, 6.45) is 0. The van der Waals surface area contributed by atoms with Crippen LogP contribution in [0.25, 0.3) is 0 Å². The first-order valence-corrected chi connectivity index (χ1v) is 6.43. The van der Waals surface area contributed by atoms with Gasteiger partial charge in [0.15, 0.2) is 0 Å². The molecule has 104 valence electrons. The lowest BCUT2D eigenvalue weighted by atomic mass is 10.2. The molecule has 0 aliphatic rings. The van der Waals surface area contributed by atoms with Crippen LogP contribution in [-0.2, 0) is 6.61 Å². The van der Waals surface area contributed by atoms with E-state index in [1.807, 2.05) is 0 Å². The summed E-state index contributed by atoms with van der Waals surface area (Å²) in [5, 5.41) is 9.91. The fourth-order valence-electron chi connectivity index (χ4n) is 1.66. The standard InChI is InChI=1S/C14H11Cl2NO3/c15-11-3-1-2-8(13(11)16)7-20-12-5-4-9(17)6-10(12)14(18)19/h1-6H,7,17H2,(H,18,19). The molecule has 0 bridgehead atoms. The third-order valence-electron chi connectivity index (χ3n) is 2.65. The highest BCUT2D eigenvalue weighted by molar-refractivity contribution is 6.42. The number of nitrogens with two attached hydrogens (primary N) is 1. The Kier molecular flexibility index (Phi) is 4.37. The quantitative estimate of drug-likeness (QED) is 0.841. The van der Waals surface area contributed by atoms with Gasteiger partial charge in [0.25, 0.3) is 0 Å². The van der Waals surface area contributed by atoms with Gasteiger partial charge in [0, 0.05) is 11.3 Å². The van der Waals surface area contributed by atoms with E-state index in [2.05, 4.69) is 0 Å². The Balaban J connectivity index is 2.23. The van der Waals surface area contributed by atoms with Crippen molar-refractivity contribution in [1.29, 1.82) is 0 Å².